The van der Waals surface area contributed by atoms with Gasteiger partial charge in [0.1, 0.15) is 5.01 Å². The van der Waals surface area contributed by atoms with Gasteiger partial charge in [-0.25, -0.2) is 4.98 Å². The largest absolute Gasteiger partial charge is 0.330 e. The summed E-state index contributed by atoms with van der Waals surface area (Å²) in [5.41, 5.74) is 12.8. The zero-order valence-electron chi connectivity index (χ0n) is 10.2. The first kappa shape index (κ1) is 13.1. The van der Waals surface area contributed by atoms with Crippen LogP contribution in [0.15, 0.2) is 36.0 Å². The van der Waals surface area contributed by atoms with E-state index in [0.717, 1.165) is 23.5 Å². The van der Waals surface area contributed by atoms with Crippen LogP contribution in [0.5, 0.6) is 0 Å². The van der Waals surface area contributed by atoms with Crippen molar-refractivity contribution in [3.05, 3.63) is 46.7 Å². The van der Waals surface area contributed by atoms with E-state index in [1.165, 1.54) is 0 Å². The van der Waals surface area contributed by atoms with E-state index in [4.69, 9.17) is 11.5 Å². The third-order valence-electron chi connectivity index (χ3n) is 2.89. The maximum absolute atomic E-state index is 6.30. The smallest absolute Gasteiger partial charge is 0.103 e. The number of rotatable bonds is 6. The molecule has 4 nitrogen and oxygen atoms in total. The van der Waals surface area contributed by atoms with Crippen molar-refractivity contribution >= 4 is 11.3 Å². The molecule has 0 saturated heterocycles. The van der Waals surface area contributed by atoms with E-state index < -0.39 is 0 Å². The standard InChI is InChI=1S/C13H18N4S/c14-6-3-4-10(15)12(13-17-8-9-18-13)11-5-1-2-7-16-11/h1-2,5,7-10,12H,3-4,6,14-15H2. The zero-order chi connectivity index (χ0) is 12.8. The molecule has 0 aliphatic heterocycles. The highest BCUT2D eigenvalue weighted by Crippen LogP contribution is 2.28. The van der Waals surface area contributed by atoms with Gasteiger partial charge in [-0.2, -0.15) is 0 Å². The topological polar surface area (TPSA) is 77.8 Å². The molecule has 0 bridgehead atoms. The Balaban J connectivity index is 2.24. The van der Waals surface area contributed by atoms with Crippen molar-refractivity contribution in [3.8, 4) is 0 Å². The van der Waals surface area contributed by atoms with Crippen molar-refractivity contribution in [2.45, 2.75) is 24.8 Å². The third kappa shape index (κ3) is 3.13. The van der Waals surface area contributed by atoms with Crippen LogP contribution in [0.25, 0.3) is 0 Å². The predicted octanol–water partition coefficient (Wildman–Crippen LogP) is 1.74. The number of thiazole rings is 1. The van der Waals surface area contributed by atoms with Gasteiger partial charge >= 0.3 is 0 Å². The van der Waals surface area contributed by atoms with E-state index in [2.05, 4.69) is 9.97 Å². The molecular weight excluding hydrogens is 244 g/mol. The second-order valence-electron chi connectivity index (χ2n) is 4.20. The fraction of sp³-hybridized carbons (Fsp3) is 0.385. The van der Waals surface area contributed by atoms with E-state index in [1.807, 2.05) is 29.8 Å². The van der Waals surface area contributed by atoms with Gasteiger partial charge in [-0.1, -0.05) is 6.07 Å². The Kier molecular flexibility index (Phi) is 4.81. The fourth-order valence-corrected chi connectivity index (χ4v) is 2.82. The molecule has 0 radical (unpaired) electrons. The first-order valence-electron chi connectivity index (χ1n) is 6.09. The second-order valence-corrected chi connectivity index (χ2v) is 5.12. The molecule has 5 heteroatoms. The summed E-state index contributed by atoms with van der Waals surface area (Å²) in [6.45, 7) is 0.667. The summed E-state index contributed by atoms with van der Waals surface area (Å²) in [6.07, 6.45) is 5.42. The lowest BCUT2D eigenvalue weighted by molar-refractivity contribution is 0.525. The maximum Gasteiger partial charge on any atom is 0.103 e. The van der Waals surface area contributed by atoms with Gasteiger partial charge in [0, 0.05) is 23.8 Å². The minimum Gasteiger partial charge on any atom is -0.330 e. The van der Waals surface area contributed by atoms with Crippen LogP contribution in [0.4, 0.5) is 0 Å². The fourth-order valence-electron chi connectivity index (χ4n) is 2.00. The van der Waals surface area contributed by atoms with Crippen molar-refractivity contribution in [1.29, 1.82) is 0 Å². The highest BCUT2D eigenvalue weighted by Gasteiger charge is 2.24. The summed E-state index contributed by atoms with van der Waals surface area (Å²) in [7, 11) is 0. The van der Waals surface area contributed by atoms with Crippen molar-refractivity contribution in [2.75, 3.05) is 6.54 Å². The molecule has 0 aliphatic rings. The Morgan fingerprint density at radius 1 is 1.22 bits per heavy atom. The number of nitrogens with zero attached hydrogens (tertiary/aromatic N) is 2. The number of hydrogen-bond donors (Lipinski definition) is 2. The van der Waals surface area contributed by atoms with Crippen LogP contribution in [0, 0.1) is 0 Å². The van der Waals surface area contributed by atoms with Crippen LogP contribution in [0.2, 0.25) is 0 Å². The molecule has 96 valence electrons. The molecule has 4 N–H and O–H groups in total. The van der Waals surface area contributed by atoms with Gasteiger partial charge in [-0.05, 0) is 31.5 Å². The Morgan fingerprint density at radius 3 is 2.72 bits per heavy atom. The Hall–Kier alpha value is -1.30. The van der Waals surface area contributed by atoms with E-state index >= 15 is 0 Å². The van der Waals surface area contributed by atoms with Crippen LogP contribution < -0.4 is 11.5 Å². The minimum atomic E-state index is 0.00889. The van der Waals surface area contributed by atoms with Crippen LogP contribution in [-0.4, -0.2) is 22.6 Å². The van der Waals surface area contributed by atoms with Crippen molar-refractivity contribution in [3.63, 3.8) is 0 Å². The van der Waals surface area contributed by atoms with Gasteiger partial charge in [0.2, 0.25) is 0 Å². The molecular formula is C13H18N4S. The quantitative estimate of drug-likeness (QED) is 0.831. The lowest BCUT2D eigenvalue weighted by Gasteiger charge is -2.21. The number of hydrogen-bond acceptors (Lipinski definition) is 5. The first-order valence-corrected chi connectivity index (χ1v) is 6.97. The average Bonchev–Trinajstić information content (AvgIpc) is 2.92. The van der Waals surface area contributed by atoms with E-state index in [-0.39, 0.29) is 12.0 Å². The molecule has 0 saturated carbocycles. The molecule has 2 aromatic rings. The van der Waals surface area contributed by atoms with Gasteiger partial charge in [-0.3, -0.25) is 4.98 Å². The predicted molar refractivity (Wildman–Crippen MR) is 74.5 cm³/mol. The van der Waals surface area contributed by atoms with E-state index in [9.17, 15) is 0 Å². The van der Waals surface area contributed by atoms with Gasteiger partial charge < -0.3 is 11.5 Å². The first-order chi connectivity index (χ1) is 8.83. The Bertz CT molecular complexity index is 443. The Labute approximate surface area is 111 Å². The summed E-state index contributed by atoms with van der Waals surface area (Å²) >= 11 is 1.63. The minimum absolute atomic E-state index is 0.00889. The molecule has 2 rings (SSSR count). The van der Waals surface area contributed by atoms with E-state index in [0.29, 0.717) is 6.54 Å². The third-order valence-corrected chi connectivity index (χ3v) is 3.75. The summed E-state index contributed by atoms with van der Waals surface area (Å²) in [4.78, 5) is 8.81. The molecule has 0 spiro atoms. The lowest BCUT2D eigenvalue weighted by Crippen LogP contribution is -2.30. The SMILES string of the molecule is NCCCC(N)C(c1ccccn1)c1nccs1. The van der Waals surface area contributed by atoms with E-state index in [1.54, 1.807) is 17.5 Å². The van der Waals surface area contributed by atoms with Gasteiger partial charge in [0.25, 0.3) is 0 Å². The van der Waals surface area contributed by atoms with Crippen molar-refractivity contribution < 1.29 is 0 Å². The molecule has 2 aromatic heterocycles. The molecule has 2 heterocycles. The zero-order valence-corrected chi connectivity index (χ0v) is 11.0. The number of aromatic nitrogens is 2. The molecule has 0 fully saturated rings. The molecule has 0 aliphatic carbocycles. The van der Waals surface area contributed by atoms with Crippen LogP contribution in [-0.2, 0) is 0 Å². The average molecular weight is 262 g/mol. The van der Waals surface area contributed by atoms with Crippen LogP contribution in [0.1, 0.15) is 29.5 Å². The molecule has 2 unspecified atom stereocenters. The highest BCUT2D eigenvalue weighted by atomic mass is 32.1. The molecule has 18 heavy (non-hydrogen) atoms. The summed E-state index contributed by atoms with van der Waals surface area (Å²) in [5.74, 6) is 0.0674. The normalized spacial score (nSPS) is 14.3. The van der Waals surface area contributed by atoms with Gasteiger partial charge in [-0.15, -0.1) is 11.3 Å². The highest BCUT2D eigenvalue weighted by molar-refractivity contribution is 7.09. The van der Waals surface area contributed by atoms with Crippen molar-refractivity contribution in [2.24, 2.45) is 11.5 Å². The number of nitrogens with two attached hydrogens (primary N) is 2. The summed E-state index contributed by atoms with van der Waals surface area (Å²) in [6, 6.07) is 5.91. The van der Waals surface area contributed by atoms with Gasteiger partial charge in [0.05, 0.1) is 11.6 Å². The van der Waals surface area contributed by atoms with Gasteiger partial charge in [0.15, 0.2) is 0 Å². The molecule has 0 aromatic carbocycles. The Morgan fingerprint density at radius 2 is 2.11 bits per heavy atom. The second kappa shape index (κ2) is 6.58. The summed E-state index contributed by atoms with van der Waals surface area (Å²) in [5, 5.41) is 3.00. The number of pyridine rings is 1. The maximum atomic E-state index is 6.30. The lowest BCUT2D eigenvalue weighted by atomic mass is 9.93. The van der Waals surface area contributed by atoms with Crippen LogP contribution in [0.3, 0.4) is 0 Å². The molecule has 2 atom stereocenters. The molecule has 0 amide bonds. The monoisotopic (exact) mass is 262 g/mol. The van der Waals surface area contributed by atoms with Crippen molar-refractivity contribution in [1.82, 2.24) is 9.97 Å². The van der Waals surface area contributed by atoms with Crippen LogP contribution >= 0.6 is 11.3 Å². The summed E-state index contributed by atoms with van der Waals surface area (Å²) < 4.78 is 0.